The van der Waals surface area contributed by atoms with Crippen molar-refractivity contribution in [3.05, 3.63) is 71.3 Å². The van der Waals surface area contributed by atoms with Crippen LogP contribution in [0.3, 0.4) is 0 Å². The molecule has 2 heterocycles. The maximum Gasteiger partial charge on any atom is 0.410 e. The second kappa shape index (κ2) is 31.4. The SMILES string of the molecule is CC[C@H](C)[C@@H]([C@@H](CC(=O)N1CCC[C@H]1[C@H](OC)[C@@H](C)C(=O)N[C@H](C)[C@@H](O)c1ccccc1)OC)N(C)C(=O)[C@@H](NC(=O)[C@H](C(C)C)N(C)C(=O)OCc1ccc(CC(=O)CCCCCN2C(=O)CC(SC)C2=O)cc1)C(C)C. The Labute approximate surface area is 467 Å². The molecule has 11 atom stereocenters. The van der Waals surface area contributed by atoms with E-state index in [4.69, 9.17) is 14.2 Å². The van der Waals surface area contributed by atoms with Crippen molar-refractivity contribution < 1.29 is 57.7 Å². The highest BCUT2D eigenvalue weighted by molar-refractivity contribution is 8.00. The normalized spacial score (nSPS) is 19.1. The average molecular weight is 1110 g/mol. The molecular formula is C59H90N6O12S. The summed E-state index contributed by atoms with van der Waals surface area (Å²) >= 11 is 1.39. The lowest BCUT2D eigenvalue weighted by molar-refractivity contribution is -0.148. The summed E-state index contributed by atoms with van der Waals surface area (Å²) in [6, 6.07) is 12.7. The number of benzene rings is 2. The Bertz CT molecular complexity index is 2300. The number of likely N-dealkylation sites (tertiary alicyclic amines) is 2. The molecule has 0 aliphatic carbocycles. The molecule has 0 aromatic heterocycles. The van der Waals surface area contributed by atoms with E-state index in [1.54, 1.807) is 68.8 Å². The van der Waals surface area contributed by atoms with Gasteiger partial charge in [-0.3, -0.25) is 43.4 Å². The molecule has 2 aliphatic rings. The van der Waals surface area contributed by atoms with E-state index in [1.165, 1.54) is 42.8 Å². The number of thioether (sulfide) groups is 1. The maximum absolute atomic E-state index is 14.7. The van der Waals surface area contributed by atoms with Crippen molar-refractivity contribution in [1.82, 2.24) is 30.2 Å². The van der Waals surface area contributed by atoms with Gasteiger partial charge in [0.15, 0.2) is 0 Å². The summed E-state index contributed by atoms with van der Waals surface area (Å²) in [6.07, 6.45) is 3.64. The van der Waals surface area contributed by atoms with Gasteiger partial charge in [-0.25, -0.2) is 4.79 Å². The highest BCUT2D eigenvalue weighted by Gasteiger charge is 2.44. The zero-order chi connectivity index (χ0) is 58.0. The first-order chi connectivity index (χ1) is 37.0. The number of hydrogen-bond acceptors (Lipinski definition) is 13. The molecule has 78 heavy (non-hydrogen) atoms. The number of imide groups is 1. The van der Waals surface area contributed by atoms with Gasteiger partial charge in [-0.1, -0.05) is 116 Å². The number of aliphatic hydroxyl groups excluding tert-OH is 1. The van der Waals surface area contributed by atoms with Gasteiger partial charge in [0.2, 0.25) is 35.4 Å². The molecule has 0 bridgehead atoms. The van der Waals surface area contributed by atoms with Crippen molar-refractivity contribution in [2.75, 3.05) is 47.7 Å². The molecule has 2 aliphatic heterocycles. The van der Waals surface area contributed by atoms with Gasteiger partial charge in [0.05, 0.1) is 54.0 Å². The van der Waals surface area contributed by atoms with Crippen LogP contribution < -0.4 is 10.6 Å². The minimum absolute atomic E-state index is 0.0571. The fourth-order valence-corrected chi connectivity index (χ4v) is 11.5. The maximum atomic E-state index is 14.7. The predicted octanol–water partition coefficient (Wildman–Crippen LogP) is 6.74. The van der Waals surface area contributed by atoms with E-state index in [0.29, 0.717) is 62.7 Å². The van der Waals surface area contributed by atoms with E-state index >= 15 is 0 Å². The summed E-state index contributed by atoms with van der Waals surface area (Å²) in [7, 11) is 6.20. The summed E-state index contributed by atoms with van der Waals surface area (Å²) in [6.45, 7) is 15.5. The Morgan fingerprint density at radius 1 is 0.821 bits per heavy atom. The summed E-state index contributed by atoms with van der Waals surface area (Å²) in [5.74, 6) is -3.14. The number of carbonyl (C=O) groups excluding carboxylic acids is 8. The molecule has 19 heteroatoms. The average Bonchev–Trinajstić information content (AvgIpc) is 4.03. The summed E-state index contributed by atoms with van der Waals surface area (Å²) < 4.78 is 17.7. The number of hydrogen-bond donors (Lipinski definition) is 3. The van der Waals surface area contributed by atoms with Crippen LogP contribution in [-0.2, 0) is 60.8 Å². The van der Waals surface area contributed by atoms with Crippen LogP contribution in [0.15, 0.2) is 54.6 Å². The lowest BCUT2D eigenvalue weighted by Gasteiger charge is -2.41. The van der Waals surface area contributed by atoms with Gasteiger partial charge in [-0.05, 0) is 73.3 Å². The minimum Gasteiger partial charge on any atom is -0.445 e. The fraction of sp³-hybridized carbons (Fsp3) is 0.661. The second-order valence-electron chi connectivity index (χ2n) is 22.0. The number of nitrogens with zero attached hydrogens (tertiary/aromatic N) is 4. The Balaban J connectivity index is 1.34. The predicted molar refractivity (Wildman–Crippen MR) is 301 cm³/mol. The number of unbranched alkanes of at least 4 members (excludes halogenated alkanes) is 2. The van der Waals surface area contributed by atoms with Crippen LogP contribution in [0.4, 0.5) is 4.79 Å². The third-order valence-corrected chi connectivity index (χ3v) is 16.6. The van der Waals surface area contributed by atoms with E-state index in [9.17, 15) is 43.5 Å². The van der Waals surface area contributed by atoms with Crippen molar-refractivity contribution in [3.8, 4) is 0 Å². The van der Waals surface area contributed by atoms with Crippen LogP contribution >= 0.6 is 11.8 Å². The molecule has 4 rings (SSSR count). The zero-order valence-electron chi connectivity index (χ0n) is 48.5. The first kappa shape index (κ1) is 65.2. The van der Waals surface area contributed by atoms with Crippen LogP contribution in [0, 0.1) is 23.7 Å². The highest BCUT2D eigenvalue weighted by Crippen LogP contribution is 2.31. The molecule has 7 amide bonds. The van der Waals surface area contributed by atoms with Crippen molar-refractivity contribution in [2.45, 2.75) is 180 Å². The molecule has 18 nitrogen and oxygen atoms in total. The standard InChI is InChI=1S/C59H90N6O12S/c1-14-38(6)52(46(75-11)33-48(67)64-31-21-25-45(64)54(76-12)39(7)55(70)60-40(8)53(69)43-22-17-15-18-23-43)62(9)58(73)50(36(2)3)61-56(71)51(37(4)5)63(10)59(74)77-35-42-28-26-41(27-29-42)32-44(66)24-19-16-20-30-65-49(68)34-47(78-13)57(65)72/h15,17-18,22-23,26-29,36-40,45-47,50-54,69H,14,16,19-21,24-25,30-35H2,1-13H3,(H,60,70)(H,61,71)/t38-,39+,40+,45-,46+,47?,50-,51-,52-,53+,54+/m0/s1. The van der Waals surface area contributed by atoms with Crippen molar-refractivity contribution in [1.29, 1.82) is 0 Å². The smallest absolute Gasteiger partial charge is 0.410 e. The van der Waals surface area contributed by atoms with Gasteiger partial charge >= 0.3 is 6.09 Å². The van der Waals surface area contributed by atoms with E-state index in [2.05, 4.69) is 10.6 Å². The first-order valence-electron chi connectivity index (χ1n) is 27.8. The highest BCUT2D eigenvalue weighted by atomic mass is 32.2. The number of rotatable bonds is 31. The Hall–Kier alpha value is -5.37. The number of Topliss-reactive ketones (excluding diaryl/α,β-unsaturated/α-hetero) is 1. The molecule has 2 aromatic carbocycles. The van der Waals surface area contributed by atoms with Crippen LogP contribution in [0.25, 0.3) is 0 Å². The third-order valence-electron chi connectivity index (χ3n) is 15.7. The summed E-state index contributed by atoms with van der Waals surface area (Å²) in [5, 5.41) is 16.5. The van der Waals surface area contributed by atoms with E-state index < -0.39 is 66.4 Å². The summed E-state index contributed by atoms with van der Waals surface area (Å²) in [4.78, 5) is 114. The molecule has 0 saturated carbocycles. The van der Waals surface area contributed by atoms with Gasteiger partial charge in [0, 0.05) is 60.7 Å². The molecule has 3 N–H and O–H groups in total. The van der Waals surface area contributed by atoms with Crippen molar-refractivity contribution in [3.63, 3.8) is 0 Å². The van der Waals surface area contributed by atoms with E-state index in [1.807, 2.05) is 64.3 Å². The zero-order valence-corrected chi connectivity index (χ0v) is 49.3. The second-order valence-corrected chi connectivity index (χ2v) is 23.0. The van der Waals surface area contributed by atoms with E-state index in [-0.39, 0.29) is 84.2 Å². The molecule has 0 spiro atoms. The Kier molecular flexibility index (Phi) is 26.3. The van der Waals surface area contributed by atoms with Crippen LogP contribution in [0.5, 0.6) is 0 Å². The molecule has 2 saturated heterocycles. The number of ketones is 1. The largest absolute Gasteiger partial charge is 0.445 e. The topological polar surface area (TPSA) is 221 Å². The first-order valence-corrected chi connectivity index (χ1v) is 29.1. The third kappa shape index (κ3) is 17.6. The Morgan fingerprint density at radius 3 is 2.05 bits per heavy atom. The van der Waals surface area contributed by atoms with Gasteiger partial charge in [-0.15, -0.1) is 0 Å². The lowest BCUT2D eigenvalue weighted by atomic mass is 9.89. The van der Waals surface area contributed by atoms with Crippen LogP contribution in [-0.4, -0.2) is 167 Å². The molecular weight excluding hydrogens is 1020 g/mol. The monoisotopic (exact) mass is 1110 g/mol. The number of methoxy groups -OCH3 is 2. The number of nitrogens with one attached hydrogen (secondary N) is 2. The van der Waals surface area contributed by atoms with Gasteiger partial charge in [0.1, 0.15) is 24.5 Å². The minimum atomic E-state index is -1.00. The van der Waals surface area contributed by atoms with Gasteiger partial charge < -0.3 is 39.8 Å². The molecule has 2 aromatic rings. The van der Waals surface area contributed by atoms with Gasteiger partial charge in [0.25, 0.3) is 0 Å². The molecule has 434 valence electrons. The number of carbonyl (C=O) groups is 8. The van der Waals surface area contributed by atoms with Crippen LogP contribution in [0.1, 0.15) is 136 Å². The number of likely N-dealkylation sites (N-methyl/N-ethyl adjacent to an activating group) is 2. The Morgan fingerprint density at radius 2 is 1.47 bits per heavy atom. The number of aliphatic hydroxyl groups is 1. The fourth-order valence-electron chi connectivity index (χ4n) is 10.8. The lowest BCUT2D eigenvalue weighted by Crippen LogP contribution is -2.60. The molecule has 2 fully saturated rings. The van der Waals surface area contributed by atoms with Crippen molar-refractivity contribution >= 4 is 59.1 Å². The molecule has 0 radical (unpaired) electrons. The molecule has 1 unspecified atom stereocenters. The van der Waals surface area contributed by atoms with Crippen molar-refractivity contribution in [2.24, 2.45) is 23.7 Å². The van der Waals surface area contributed by atoms with Crippen LogP contribution in [0.2, 0.25) is 0 Å². The number of amides is 7. The summed E-state index contributed by atoms with van der Waals surface area (Å²) in [5.41, 5.74) is 2.19. The van der Waals surface area contributed by atoms with Gasteiger partial charge in [-0.2, -0.15) is 11.8 Å². The quantitative estimate of drug-likeness (QED) is 0.0527. The van der Waals surface area contributed by atoms with E-state index in [0.717, 1.165) is 12.0 Å². The number of ether oxygens (including phenoxy) is 3.